The molecule has 9 heteroatoms. The standard InChI is InChI=1S/C12H21N4O2PS2/c1-8(2)17-19(21,18-9(3)4)16-12(20)15-11-7-5-6-10(13)14-11/h5-9H,1-4H3,(H4,13,14,15,16,20,21). The lowest BCUT2D eigenvalue weighted by molar-refractivity contribution is 0.172. The molecule has 0 unspecified atom stereocenters. The zero-order valence-electron chi connectivity index (χ0n) is 12.5. The lowest BCUT2D eigenvalue weighted by Gasteiger charge is -2.27. The number of hydrogen-bond donors (Lipinski definition) is 3. The maximum Gasteiger partial charge on any atom is 0.289 e. The summed E-state index contributed by atoms with van der Waals surface area (Å²) in [4.78, 5) is 4.10. The molecule has 0 atom stereocenters. The van der Waals surface area contributed by atoms with Crippen molar-refractivity contribution in [2.24, 2.45) is 0 Å². The Morgan fingerprint density at radius 3 is 2.29 bits per heavy atom. The van der Waals surface area contributed by atoms with Crippen LogP contribution in [0.4, 0.5) is 11.6 Å². The van der Waals surface area contributed by atoms with Crippen molar-refractivity contribution in [1.82, 2.24) is 10.1 Å². The first kappa shape index (κ1) is 18.3. The molecule has 0 bridgehead atoms. The van der Waals surface area contributed by atoms with Gasteiger partial charge in [-0.05, 0) is 63.9 Å². The maximum absolute atomic E-state index is 5.70. The Kier molecular flexibility index (Phi) is 6.96. The van der Waals surface area contributed by atoms with Gasteiger partial charge in [0, 0.05) is 0 Å². The van der Waals surface area contributed by atoms with Gasteiger partial charge in [-0.1, -0.05) is 6.07 Å². The molecule has 0 fully saturated rings. The third-order valence-electron chi connectivity index (χ3n) is 1.95. The molecule has 6 nitrogen and oxygen atoms in total. The molecule has 0 aromatic carbocycles. The van der Waals surface area contributed by atoms with Crippen LogP contribution >= 0.6 is 18.9 Å². The lowest BCUT2D eigenvalue weighted by atomic mass is 10.4. The summed E-state index contributed by atoms with van der Waals surface area (Å²) >= 11 is 10.7. The normalized spacial score (nSPS) is 11.7. The number of nitrogens with one attached hydrogen (secondary N) is 2. The number of nitrogens with two attached hydrogens (primary N) is 1. The number of rotatable bonds is 6. The van der Waals surface area contributed by atoms with E-state index < -0.39 is 6.64 Å². The minimum Gasteiger partial charge on any atom is -0.384 e. The second kappa shape index (κ2) is 8.00. The summed E-state index contributed by atoms with van der Waals surface area (Å²) in [6.45, 7) is 4.85. The van der Waals surface area contributed by atoms with Crippen LogP contribution in [0.5, 0.6) is 0 Å². The molecule has 1 aromatic rings. The third-order valence-corrected chi connectivity index (χ3v) is 4.99. The van der Waals surface area contributed by atoms with Crippen LogP contribution in [0.1, 0.15) is 27.7 Å². The van der Waals surface area contributed by atoms with Crippen LogP contribution in [0.15, 0.2) is 18.2 Å². The Morgan fingerprint density at radius 1 is 1.24 bits per heavy atom. The lowest BCUT2D eigenvalue weighted by Crippen LogP contribution is -2.29. The fourth-order valence-electron chi connectivity index (χ4n) is 1.42. The monoisotopic (exact) mass is 348 g/mol. The Morgan fingerprint density at radius 2 is 1.81 bits per heavy atom. The van der Waals surface area contributed by atoms with Gasteiger partial charge in [0.2, 0.25) is 0 Å². The number of pyridine rings is 1. The fraction of sp³-hybridized carbons (Fsp3) is 0.500. The van der Waals surface area contributed by atoms with E-state index in [1.165, 1.54) is 0 Å². The van der Waals surface area contributed by atoms with Gasteiger partial charge in [-0.2, -0.15) is 0 Å². The summed E-state index contributed by atoms with van der Waals surface area (Å²) in [5.74, 6) is 0.933. The van der Waals surface area contributed by atoms with E-state index >= 15 is 0 Å². The minimum absolute atomic E-state index is 0.0737. The molecule has 0 aliphatic heterocycles. The van der Waals surface area contributed by atoms with E-state index in [-0.39, 0.29) is 17.3 Å². The average Bonchev–Trinajstić information content (AvgIpc) is 2.24. The van der Waals surface area contributed by atoms with E-state index in [1.54, 1.807) is 18.2 Å². The van der Waals surface area contributed by atoms with Crippen molar-refractivity contribution >= 4 is 47.4 Å². The number of aromatic nitrogens is 1. The van der Waals surface area contributed by atoms with Gasteiger partial charge in [0.15, 0.2) is 5.11 Å². The summed E-state index contributed by atoms with van der Waals surface area (Å²) < 4.78 is 11.4. The van der Waals surface area contributed by atoms with E-state index in [2.05, 4.69) is 15.4 Å². The van der Waals surface area contributed by atoms with E-state index in [0.717, 1.165) is 0 Å². The van der Waals surface area contributed by atoms with Gasteiger partial charge in [-0.15, -0.1) is 0 Å². The van der Waals surface area contributed by atoms with Crippen LogP contribution in [0.25, 0.3) is 0 Å². The Hall–Kier alpha value is -0.790. The zero-order chi connectivity index (χ0) is 16.0. The molecular weight excluding hydrogens is 327 g/mol. The molecule has 0 saturated heterocycles. The number of anilines is 2. The Labute approximate surface area is 136 Å². The molecular formula is C12H21N4O2PS2. The third kappa shape index (κ3) is 7.15. The van der Waals surface area contributed by atoms with Gasteiger partial charge >= 0.3 is 0 Å². The summed E-state index contributed by atoms with van der Waals surface area (Å²) in [5.41, 5.74) is 5.62. The van der Waals surface area contributed by atoms with Crippen molar-refractivity contribution in [3.8, 4) is 0 Å². The average molecular weight is 348 g/mol. The van der Waals surface area contributed by atoms with Crippen molar-refractivity contribution < 1.29 is 9.05 Å². The number of nitrogen functional groups attached to an aromatic ring is 1. The van der Waals surface area contributed by atoms with Crippen LogP contribution in [-0.2, 0) is 20.9 Å². The summed E-state index contributed by atoms with van der Waals surface area (Å²) in [6, 6.07) is 5.22. The first-order valence-corrected chi connectivity index (χ1v) is 9.53. The molecule has 1 rings (SSSR count). The van der Waals surface area contributed by atoms with Crippen LogP contribution in [0.2, 0.25) is 0 Å². The van der Waals surface area contributed by atoms with Crippen molar-refractivity contribution in [2.75, 3.05) is 11.1 Å². The first-order chi connectivity index (χ1) is 9.70. The zero-order valence-corrected chi connectivity index (χ0v) is 15.0. The highest BCUT2D eigenvalue weighted by atomic mass is 32.5. The van der Waals surface area contributed by atoms with Gasteiger partial charge in [0.05, 0.1) is 12.2 Å². The van der Waals surface area contributed by atoms with E-state index in [1.807, 2.05) is 27.7 Å². The SMILES string of the molecule is CC(C)OP(=S)(NC(=S)Nc1cccc(N)n1)OC(C)C. The maximum atomic E-state index is 5.70. The van der Waals surface area contributed by atoms with Crippen LogP contribution in [0.3, 0.4) is 0 Å². The predicted molar refractivity (Wildman–Crippen MR) is 94.7 cm³/mol. The molecule has 0 spiro atoms. The van der Waals surface area contributed by atoms with Crippen LogP contribution in [-0.4, -0.2) is 22.3 Å². The van der Waals surface area contributed by atoms with Gasteiger partial charge in [-0.25, -0.2) is 4.98 Å². The van der Waals surface area contributed by atoms with Crippen LogP contribution < -0.4 is 16.1 Å². The predicted octanol–water partition coefficient (Wildman–Crippen LogP) is 3.02. The largest absolute Gasteiger partial charge is 0.384 e. The molecule has 1 aromatic heterocycles. The molecule has 4 N–H and O–H groups in total. The topological polar surface area (TPSA) is 81.4 Å². The molecule has 0 amide bonds. The summed E-state index contributed by atoms with van der Waals surface area (Å²) in [7, 11) is 0. The molecule has 0 aliphatic carbocycles. The van der Waals surface area contributed by atoms with Gasteiger partial charge in [-0.3, -0.25) is 5.09 Å². The number of hydrogen-bond acceptors (Lipinski definition) is 6. The highest BCUT2D eigenvalue weighted by Gasteiger charge is 2.24. The van der Waals surface area contributed by atoms with Gasteiger partial charge in [0.1, 0.15) is 11.6 Å². The Balaban J connectivity index is 2.74. The smallest absolute Gasteiger partial charge is 0.289 e. The molecule has 21 heavy (non-hydrogen) atoms. The molecule has 0 saturated carbocycles. The highest BCUT2D eigenvalue weighted by molar-refractivity contribution is 8.09. The summed E-state index contributed by atoms with van der Waals surface area (Å²) in [5, 5.41) is 6.15. The molecule has 0 aliphatic rings. The second-order valence-corrected chi connectivity index (χ2v) is 8.31. The number of nitrogens with zero attached hydrogens (tertiary/aromatic N) is 1. The van der Waals surface area contributed by atoms with Gasteiger partial charge in [0.25, 0.3) is 6.64 Å². The Bertz CT molecular complexity index is 526. The van der Waals surface area contributed by atoms with E-state index in [0.29, 0.717) is 11.6 Å². The number of thiocarbonyl (C=S) groups is 1. The van der Waals surface area contributed by atoms with Crippen LogP contribution in [0, 0.1) is 0 Å². The second-order valence-electron chi connectivity index (χ2n) is 4.82. The van der Waals surface area contributed by atoms with Gasteiger partial charge < -0.3 is 20.1 Å². The molecule has 1 heterocycles. The fourth-order valence-corrected chi connectivity index (χ4v) is 4.94. The van der Waals surface area contributed by atoms with Crippen molar-refractivity contribution in [3.63, 3.8) is 0 Å². The minimum atomic E-state index is -2.72. The van der Waals surface area contributed by atoms with Crippen molar-refractivity contribution in [2.45, 2.75) is 39.9 Å². The first-order valence-electron chi connectivity index (χ1n) is 6.49. The van der Waals surface area contributed by atoms with E-state index in [9.17, 15) is 0 Å². The highest BCUT2D eigenvalue weighted by Crippen LogP contribution is 2.46. The molecule has 118 valence electrons. The van der Waals surface area contributed by atoms with Crippen molar-refractivity contribution in [1.29, 1.82) is 0 Å². The van der Waals surface area contributed by atoms with E-state index in [4.69, 9.17) is 38.8 Å². The molecule has 0 radical (unpaired) electrons. The quantitative estimate of drug-likeness (QED) is 0.535. The van der Waals surface area contributed by atoms with Crippen molar-refractivity contribution in [3.05, 3.63) is 18.2 Å². The summed E-state index contributed by atoms with van der Waals surface area (Å²) in [6.07, 6.45) is -0.147.